The molecule has 104 valence electrons. The lowest BCUT2D eigenvalue weighted by molar-refractivity contribution is -0.138. The van der Waals surface area contributed by atoms with E-state index in [4.69, 9.17) is 10.2 Å². The number of halogens is 3. The molecule has 1 saturated carbocycles. The molecule has 0 atom stereocenters. The number of nitrogens with one attached hydrogen (secondary N) is 1. The van der Waals surface area contributed by atoms with E-state index in [1.807, 2.05) is 0 Å². The quantitative estimate of drug-likeness (QED) is 0.789. The number of carbonyl (C=O) groups is 1. The van der Waals surface area contributed by atoms with Crippen molar-refractivity contribution in [1.29, 1.82) is 0 Å². The predicted octanol–water partition coefficient (Wildman–Crippen LogP) is 2.34. The number of rotatable bonds is 4. The number of hydrogen-bond donors (Lipinski definition) is 3. The van der Waals surface area contributed by atoms with Gasteiger partial charge in [-0.15, -0.1) is 0 Å². The molecule has 0 unspecified atom stereocenters. The SMILES string of the molecule is O=C(O)c1ccc(NC2(CO)CC2)cc1C(F)(F)F. The van der Waals surface area contributed by atoms with Gasteiger partial charge in [0, 0.05) is 5.69 Å². The lowest BCUT2D eigenvalue weighted by Crippen LogP contribution is -2.26. The molecule has 0 aromatic heterocycles. The molecular formula is C12H12F3NO3. The Labute approximate surface area is 106 Å². The van der Waals surface area contributed by atoms with Gasteiger partial charge in [-0.3, -0.25) is 0 Å². The van der Waals surface area contributed by atoms with Crippen LogP contribution in [0.5, 0.6) is 0 Å². The molecule has 1 aromatic carbocycles. The van der Waals surface area contributed by atoms with Crippen molar-refractivity contribution >= 4 is 11.7 Å². The van der Waals surface area contributed by atoms with Crippen LogP contribution in [0.15, 0.2) is 18.2 Å². The van der Waals surface area contributed by atoms with Crippen molar-refractivity contribution in [2.75, 3.05) is 11.9 Å². The molecule has 1 fully saturated rings. The number of carboxylic acids is 1. The van der Waals surface area contributed by atoms with Crippen LogP contribution in [0.25, 0.3) is 0 Å². The summed E-state index contributed by atoms with van der Waals surface area (Å²) >= 11 is 0. The molecule has 1 aliphatic carbocycles. The van der Waals surface area contributed by atoms with Gasteiger partial charge in [-0.05, 0) is 31.0 Å². The maximum Gasteiger partial charge on any atom is 0.417 e. The van der Waals surface area contributed by atoms with Crippen LogP contribution in [0.4, 0.5) is 18.9 Å². The van der Waals surface area contributed by atoms with Gasteiger partial charge in [0.2, 0.25) is 0 Å². The average Bonchev–Trinajstić information content (AvgIpc) is 3.08. The van der Waals surface area contributed by atoms with Crippen molar-refractivity contribution in [2.45, 2.75) is 24.6 Å². The van der Waals surface area contributed by atoms with Crippen molar-refractivity contribution in [1.82, 2.24) is 0 Å². The van der Waals surface area contributed by atoms with Gasteiger partial charge in [-0.1, -0.05) is 0 Å². The van der Waals surface area contributed by atoms with Crippen LogP contribution in [0, 0.1) is 0 Å². The highest BCUT2D eigenvalue weighted by atomic mass is 19.4. The topological polar surface area (TPSA) is 69.6 Å². The van der Waals surface area contributed by atoms with Crippen LogP contribution in [0.2, 0.25) is 0 Å². The normalized spacial score (nSPS) is 17.1. The molecule has 7 heteroatoms. The van der Waals surface area contributed by atoms with Gasteiger partial charge in [-0.25, -0.2) is 4.79 Å². The number of aromatic carboxylic acids is 1. The zero-order valence-corrected chi connectivity index (χ0v) is 9.79. The molecule has 3 N–H and O–H groups in total. The second-order valence-corrected chi connectivity index (χ2v) is 4.63. The van der Waals surface area contributed by atoms with Gasteiger partial charge in [-0.2, -0.15) is 13.2 Å². The van der Waals surface area contributed by atoms with Crippen molar-refractivity contribution in [2.24, 2.45) is 0 Å². The van der Waals surface area contributed by atoms with E-state index in [2.05, 4.69) is 5.32 Å². The van der Waals surface area contributed by atoms with Gasteiger partial charge >= 0.3 is 12.1 Å². The Hall–Kier alpha value is -1.76. The van der Waals surface area contributed by atoms with Gasteiger partial charge in [0.25, 0.3) is 0 Å². The van der Waals surface area contributed by atoms with E-state index >= 15 is 0 Å². The third kappa shape index (κ3) is 2.81. The molecule has 1 aliphatic rings. The molecule has 4 nitrogen and oxygen atoms in total. The minimum Gasteiger partial charge on any atom is -0.478 e. The molecule has 0 spiro atoms. The van der Waals surface area contributed by atoms with E-state index in [0.29, 0.717) is 12.8 Å². The Morgan fingerprint density at radius 1 is 1.37 bits per heavy atom. The summed E-state index contributed by atoms with van der Waals surface area (Å²) in [7, 11) is 0. The fourth-order valence-corrected chi connectivity index (χ4v) is 1.82. The first kappa shape index (κ1) is 13.7. The molecule has 0 heterocycles. The standard InChI is InChI=1S/C12H12F3NO3/c13-12(14,15)9-5-7(1-2-8(9)10(18)19)16-11(6-17)3-4-11/h1-2,5,16-17H,3-4,6H2,(H,18,19). The molecule has 2 rings (SSSR count). The highest BCUT2D eigenvalue weighted by molar-refractivity contribution is 5.90. The summed E-state index contributed by atoms with van der Waals surface area (Å²) in [6, 6.07) is 2.95. The monoisotopic (exact) mass is 275 g/mol. The van der Waals surface area contributed by atoms with Crippen LogP contribution in [-0.4, -0.2) is 28.3 Å². The smallest absolute Gasteiger partial charge is 0.417 e. The van der Waals surface area contributed by atoms with Crippen LogP contribution < -0.4 is 5.32 Å². The Bertz CT molecular complexity index is 509. The summed E-state index contributed by atoms with van der Waals surface area (Å²) in [4.78, 5) is 10.8. The van der Waals surface area contributed by atoms with Crippen molar-refractivity contribution in [3.63, 3.8) is 0 Å². The minimum absolute atomic E-state index is 0.156. The first-order valence-electron chi connectivity index (χ1n) is 5.61. The van der Waals surface area contributed by atoms with E-state index in [-0.39, 0.29) is 12.3 Å². The summed E-state index contributed by atoms with van der Waals surface area (Å²) in [5.41, 5.74) is -2.39. The molecule has 0 radical (unpaired) electrons. The molecule has 1 aromatic rings. The third-order valence-corrected chi connectivity index (χ3v) is 3.12. The summed E-state index contributed by atoms with van der Waals surface area (Å²) in [6.07, 6.45) is -3.39. The molecule has 0 amide bonds. The number of benzene rings is 1. The van der Waals surface area contributed by atoms with Crippen LogP contribution in [0.1, 0.15) is 28.8 Å². The van der Waals surface area contributed by atoms with Crippen LogP contribution >= 0.6 is 0 Å². The largest absolute Gasteiger partial charge is 0.478 e. The molecule has 0 aliphatic heterocycles. The number of anilines is 1. The molecular weight excluding hydrogens is 263 g/mol. The first-order valence-corrected chi connectivity index (χ1v) is 5.61. The third-order valence-electron chi connectivity index (χ3n) is 3.12. The van der Waals surface area contributed by atoms with E-state index in [1.165, 1.54) is 6.07 Å². The average molecular weight is 275 g/mol. The minimum atomic E-state index is -4.73. The van der Waals surface area contributed by atoms with Crippen molar-refractivity contribution in [3.8, 4) is 0 Å². The maximum absolute atomic E-state index is 12.8. The summed E-state index contributed by atoms with van der Waals surface area (Å²) in [6.45, 7) is -0.172. The maximum atomic E-state index is 12.8. The summed E-state index contributed by atoms with van der Waals surface area (Å²) in [5, 5.41) is 20.7. The fraction of sp³-hybridized carbons (Fsp3) is 0.417. The lowest BCUT2D eigenvalue weighted by Gasteiger charge is -2.18. The molecule has 0 bridgehead atoms. The second-order valence-electron chi connectivity index (χ2n) is 4.63. The number of aliphatic hydroxyl groups excluding tert-OH is 1. The first-order chi connectivity index (χ1) is 8.77. The van der Waals surface area contributed by atoms with Gasteiger partial charge in [0.15, 0.2) is 0 Å². The highest BCUT2D eigenvalue weighted by Gasteiger charge is 2.42. The van der Waals surface area contributed by atoms with Gasteiger partial charge < -0.3 is 15.5 Å². The predicted molar refractivity (Wildman–Crippen MR) is 61.1 cm³/mol. The second kappa shape index (κ2) is 4.41. The Morgan fingerprint density at radius 3 is 2.42 bits per heavy atom. The number of carboxylic acid groups (broad SMARTS) is 1. The molecule has 0 saturated heterocycles. The zero-order valence-electron chi connectivity index (χ0n) is 9.79. The number of alkyl halides is 3. The Balaban J connectivity index is 2.36. The summed E-state index contributed by atoms with van der Waals surface area (Å²) in [5.74, 6) is -1.62. The number of aliphatic hydroxyl groups is 1. The highest BCUT2D eigenvalue weighted by Crippen LogP contribution is 2.40. The van der Waals surface area contributed by atoms with Crippen molar-refractivity contribution < 1.29 is 28.2 Å². The number of hydrogen-bond acceptors (Lipinski definition) is 3. The van der Waals surface area contributed by atoms with E-state index in [0.717, 1.165) is 12.1 Å². The van der Waals surface area contributed by atoms with E-state index < -0.39 is 28.8 Å². The summed E-state index contributed by atoms with van der Waals surface area (Å²) < 4.78 is 38.3. The van der Waals surface area contributed by atoms with Gasteiger partial charge in [0.1, 0.15) is 0 Å². The van der Waals surface area contributed by atoms with Crippen LogP contribution in [0.3, 0.4) is 0 Å². The van der Waals surface area contributed by atoms with Gasteiger partial charge in [0.05, 0.1) is 23.3 Å². The fourth-order valence-electron chi connectivity index (χ4n) is 1.82. The van der Waals surface area contributed by atoms with Crippen molar-refractivity contribution in [3.05, 3.63) is 29.3 Å². The zero-order chi connectivity index (χ0) is 14.3. The Kier molecular flexibility index (Phi) is 3.17. The van der Waals surface area contributed by atoms with Crippen LogP contribution in [-0.2, 0) is 6.18 Å². The lowest BCUT2D eigenvalue weighted by atomic mass is 10.1. The molecule has 19 heavy (non-hydrogen) atoms. The van der Waals surface area contributed by atoms with E-state index in [1.54, 1.807) is 0 Å². The van der Waals surface area contributed by atoms with E-state index in [9.17, 15) is 18.0 Å². The Morgan fingerprint density at radius 2 is 2.00 bits per heavy atom.